The number of esters is 2. The fraction of sp³-hybridized carbons (Fsp3) is 0.857. The summed E-state index contributed by atoms with van der Waals surface area (Å²) in [6.07, 6.45) is -15.0. The highest BCUT2D eigenvalue weighted by molar-refractivity contribution is 7.87. The lowest BCUT2D eigenvalue weighted by atomic mass is 9.50. The third kappa shape index (κ3) is 2.60. The van der Waals surface area contributed by atoms with Crippen LogP contribution in [0.3, 0.4) is 0 Å². The monoisotopic (exact) mass is 590 g/mol. The number of aliphatic hydroxyl groups is 4. The average Bonchev–Trinajstić information content (AvgIpc) is 3.41. The van der Waals surface area contributed by atoms with Crippen molar-refractivity contribution in [2.24, 2.45) is 28.1 Å². The molecule has 18 heteroatoms. The normalized spacial score (nSPS) is 49.4. The Bertz CT molecular complexity index is 1280. The van der Waals surface area contributed by atoms with Gasteiger partial charge in [-0.25, -0.2) is 9.59 Å². The predicted octanol–water partition coefficient (Wildman–Crippen LogP) is -2.00. The molecule has 0 aromatic rings. The van der Waals surface area contributed by atoms with Crippen molar-refractivity contribution in [2.75, 3.05) is 0 Å². The first-order valence-corrected chi connectivity index (χ1v) is 13.0. The fourth-order valence-corrected chi connectivity index (χ4v) is 8.89. The Morgan fingerprint density at radius 2 is 1.67 bits per heavy atom. The molecular weight excluding hydrogens is 565 g/mol. The Kier molecular flexibility index (Phi) is 5.40. The molecule has 5 aliphatic rings. The van der Waals surface area contributed by atoms with Crippen LogP contribution >= 0.6 is 0 Å². The van der Waals surface area contributed by atoms with E-state index in [2.05, 4.69) is 4.18 Å². The molecule has 0 aromatic carbocycles. The van der Waals surface area contributed by atoms with E-state index >= 15 is 0 Å². The molecule has 2 aliphatic carbocycles. The summed E-state index contributed by atoms with van der Waals surface area (Å²) in [6, 6.07) is 0. The molecule has 1 spiro atoms. The van der Waals surface area contributed by atoms with Crippen molar-refractivity contribution in [3.63, 3.8) is 0 Å². The number of alkyl halides is 3. The highest BCUT2D eigenvalue weighted by Gasteiger charge is 3.04. The summed E-state index contributed by atoms with van der Waals surface area (Å²) in [5.74, 6) is -8.67. The van der Waals surface area contributed by atoms with Crippen molar-refractivity contribution >= 4 is 28.0 Å². The quantitative estimate of drug-likeness (QED) is 0.136. The van der Waals surface area contributed by atoms with E-state index in [-0.39, 0.29) is 0 Å². The summed E-state index contributed by atoms with van der Waals surface area (Å²) in [6.45, 7) is 4.87. The summed E-state index contributed by atoms with van der Waals surface area (Å²) in [7, 11) is -6.52. The van der Waals surface area contributed by atoms with Crippen molar-refractivity contribution in [1.29, 1.82) is 0 Å². The minimum absolute atomic E-state index is 1.05. The Labute approximate surface area is 217 Å². The maximum absolute atomic E-state index is 13.6. The van der Waals surface area contributed by atoms with Gasteiger partial charge in [0.1, 0.15) is 18.3 Å². The number of ether oxygens (including phenoxy) is 3. The van der Waals surface area contributed by atoms with Crippen LogP contribution in [0, 0.1) is 28.1 Å². The summed E-state index contributed by atoms with van der Waals surface area (Å²) in [4.78, 5) is 38.4. The lowest BCUT2D eigenvalue weighted by Gasteiger charge is -2.50. The summed E-state index contributed by atoms with van der Waals surface area (Å²) in [5, 5.41) is 56.1. The second kappa shape index (κ2) is 7.40. The first-order valence-electron chi connectivity index (χ1n) is 11.6. The van der Waals surface area contributed by atoms with Crippen LogP contribution in [0.4, 0.5) is 13.2 Å². The molecule has 0 amide bonds. The highest BCUT2D eigenvalue weighted by atomic mass is 32.2. The highest BCUT2D eigenvalue weighted by Crippen LogP contribution is 2.83. The number of halogens is 3. The van der Waals surface area contributed by atoms with Gasteiger partial charge in [-0.15, -0.1) is 0 Å². The van der Waals surface area contributed by atoms with Crippen LogP contribution in [0.2, 0.25) is 0 Å². The van der Waals surface area contributed by atoms with Crippen molar-refractivity contribution < 1.29 is 79.9 Å². The van der Waals surface area contributed by atoms with Gasteiger partial charge in [-0.2, -0.15) is 21.6 Å². The molecule has 3 heterocycles. The first kappa shape index (κ1) is 28.4. The number of hydrogen-bond donors (Lipinski definition) is 5. The Hall–Kier alpha value is -2.09. The summed E-state index contributed by atoms with van der Waals surface area (Å²) >= 11 is 0. The van der Waals surface area contributed by atoms with Gasteiger partial charge >= 0.3 is 33.5 Å². The molecule has 39 heavy (non-hydrogen) atoms. The van der Waals surface area contributed by atoms with Crippen molar-refractivity contribution in [2.45, 2.75) is 81.2 Å². The van der Waals surface area contributed by atoms with E-state index < -0.39 is 110 Å². The van der Waals surface area contributed by atoms with Gasteiger partial charge in [0.25, 0.3) is 0 Å². The van der Waals surface area contributed by atoms with Gasteiger partial charge in [0, 0.05) is 5.92 Å². The smallest absolute Gasteiger partial charge is 0.479 e. The van der Waals surface area contributed by atoms with Gasteiger partial charge in [-0.05, 0) is 12.3 Å². The van der Waals surface area contributed by atoms with Crippen LogP contribution in [0.15, 0.2) is 0 Å². The molecule has 5 N–H and O–H groups in total. The van der Waals surface area contributed by atoms with Crippen molar-refractivity contribution in [1.82, 2.24) is 0 Å². The minimum atomic E-state index is -6.52. The van der Waals surface area contributed by atoms with E-state index in [1.807, 2.05) is 0 Å². The zero-order valence-corrected chi connectivity index (χ0v) is 21.4. The van der Waals surface area contributed by atoms with Crippen LogP contribution in [-0.2, 0) is 42.9 Å². The second-order valence-corrected chi connectivity index (χ2v) is 13.2. The summed E-state index contributed by atoms with van der Waals surface area (Å²) in [5.41, 5.74) is -19.5. The average molecular weight is 590 g/mol. The van der Waals surface area contributed by atoms with Crippen LogP contribution in [0.1, 0.15) is 27.7 Å². The Morgan fingerprint density at radius 1 is 1.10 bits per heavy atom. The van der Waals surface area contributed by atoms with Crippen LogP contribution < -0.4 is 0 Å². The molecule has 2 saturated carbocycles. The number of aliphatic carboxylic acids is 1. The molecular formula is C21H25F3O14S. The number of aliphatic hydroxyl groups excluding tert-OH is 3. The number of carbonyl (C=O) groups is 3. The molecule has 5 unspecified atom stereocenters. The van der Waals surface area contributed by atoms with Crippen LogP contribution in [0.25, 0.3) is 0 Å². The standard InChI is InChI=1S/C21H25F3O14S/c1-5-13(29)35-11-8(25)18-10-6(38-39(33,34)21(22,23)24)7(16(2,3)4)17(18,9(26)12(27)28)14(30)37-20(18,15(31)36-10)19(5,11)32/h5-11,14,25-26,30,32H,1-4H3,(H,27,28)/t5-,6-,7+,8+,9+,10?,11?,14?,17?,18?,19-,20+/m1/s1. The second-order valence-electron chi connectivity index (χ2n) is 11.7. The zero-order valence-electron chi connectivity index (χ0n) is 20.6. The van der Waals surface area contributed by atoms with E-state index in [1.54, 1.807) is 0 Å². The Morgan fingerprint density at radius 3 is 2.15 bits per heavy atom. The SMILES string of the molecule is C[C@@H]1C(=O)OC2[C@H](O)C34C5OC(=O)[C@@]3(OC(O)C4([C@@H](O)C(=O)O)[C@H](C(C)(C)C)[C@H]5OS(=O)(=O)C(F)(F)F)[C@]21O. The van der Waals surface area contributed by atoms with Crippen LogP contribution in [-0.4, -0.2) is 105 Å². The number of rotatable bonds is 4. The number of carboxylic acid groups (broad SMARTS) is 1. The fourth-order valence-electron chi connectivity index (χ4n) is 8.28. The molecule has 3 saturated heterocycles. The van der Waals surface area contributed by atoms with Gasteiger partial charge in [0.05, 0.1) is 16.7 Å². The maximum Gasteiger partial charge on any atom is 0.523 e. The van der Waals surface area contributed by atoms with E-state index in [0.717, 1.165) is 6.92 Å². The first-order chi connectivity index (χ1) is 17.5. The van der Waals surface area contributed by atoms with Crippen molar-refractivity contribution in [3.05, 3.63) is 0 Å². The topological polar surface area (TPSA) is 223 Å². The number of hydrogen-bond acceptors (Lipinski definition) is 13. The predicted molar refractivity (Wildman–Crippen MR) is 111 cm³/mol. The number of carbonyl (C=O) groups excluding carboxylic acids is 2. The van der Waals surface area contributed by atoms with E-state index in [1.165, 1.54) is 20.8 Å². The molecule has 5 rings (SSSR count). The third-order valence-corrected chi connectivity index (χ3v) is 10.3. The zero-order chi connectivity index (χ0) is 29.7. The van der Waals surface area contributed by atoms with Gasteiger partial charge < -0.3 is 39.7 Å². The number of carboxylic acids is 1. The van der Waals surface area contributed by atoms with Crippen molar-refractivity contribution in [3.8, 4) is 0 Å². The van der Waals surface area contributed by atoms with Gasteiger partial charge in [-0.1, -0.05) is 20.8 Å². The van der Waals surface area contributed by atoms with Gasteiger partial charge in [0.15, 0.2) is 24.1 Å². The molecule has 14 nitrogen and oxygen atoms in total. The van der Waals surface area contributed by atoms with Gasteiger partial charge in [-0.3, -0.25) is 8.98 Å². The lowest BCUT2D eigenvalue weighted by molar-refractivity contribution is -0.256. The molecule has 0 radical (unpaired) electrons. The van der Waals surface area contributed by atoms with Gasteiger partial charge in [0.2, 0.25) is 5.60 Å². The molecule has 5 fully saturated rings. The van der Waals surface area contributed by atoms with Crippen LogP contribution in [0.5, 0.6) is 0 Å². The number of fused-ring (bicyclic) bond motifs is 1. The van der Waals surface area contributed by atoms with E-state index in [0.29, 0.717) is 0 Å². The Balaban J connectivity index is 1.92. The summed E-state index contributed by atoms with van der Waals surface area (Å²) < 4.78 is 85.4. The maximum atomic E-state index is 13.6. The molecule has 3 aliphatic heterocycles. The van der Waals surface area contributed by atoms with E-state index in [9.17, 15) is 61.5 Å². The third-order valence-electron chi connectivity index (χ3n) is 9.26. The molecule has 12 atom stereocenters. The van der Waals surface area contributed by atoms with E-state index in [4.69, 9.17) is 14.2 Å². The molecule has 0 bridgehead atoms. The molecule has 0 aromatic heterocycles. The minimum Gasteiger partial charge on any atom is -0.479 e. The lowest BCUT2D eigenvalue weighted by Crippen LogP contribution is -2.67. The largest absolute Gasteiger partial charge is 0.523 e. The molecule has 220 valence electrons.